The van der Waals surface area contributed by atoms with E-state index in [1.165, 1.54) is 18.9 Å². The Morgan fingerprint density at radius 1 is 1.21 bits per heavy atom. The molecule has 4 rings (SSSR count). The molecule has 11 heteroatoms. The lowest BCUT2D eigenvalue weighted by Gasteiger charge is -2.18. The van der Waals surface area contributed by atoms with Crippen LogP contribution in [0.1, 0.15) is 33.5 Å². The molecule has 33 heavy (non-hydrogen) atoms. The molecule has 10 nitrogen and oxygen atoms in total. The fraction of sp³-hybridized carbons (Fsp3) is 0.318. The molecule has 0 saturated heterocycles. The number of aryl methyl sites for hydroxylation is 3. The van der Waals surface area contributed by atoms with Gasteiger partial charge in [-0.3, -0.25) is 9.59 Å². The van der Waals surface area contributed by atoms with Crippen LogP contribution in [0.3, 0.4) is 0 Å². The molecule has 0 aliphatic carbocycles. The Balaban J connectivity index is 1.80. The molecule has 1 aromatic carbocycles. The number of nitrogens with one attached hydrogen (secondary N) is 1. The second-order valence-electron chi connectivity index (χ2n) is 7.61. The van der Waals surface area contributed by atoms with Crippen molar-refractivity contribution in [2.75, 3.05) is 24.8 Å². The van der Waals surface area contributed by atoms with Gasteiger partial charge in [-0.15, -0.1) is 11.8 Å². The Bertz CT molecular complexity index is 1220. The van der Waals surface area contributed by atoms with Gasteiger partial charge in [0.15, 0.2) is 18.1 Å². The molecular formula is C22H24N6O4S. The summed E-state index contributed by atoms with van der Waals surface area (Å²) in [6.07, 6.45) is 0. The fourth-order valence-electron chi connectivity index (χ4n) is 3.71. The molecule has 0 saturated carbocycles. The number of hydrogen-bond acceptors (Lipinski definition) is 8. The standard InChI is InChI=1S/C22H24N6O4S/c1-11-7-12(2)25-22(24-11)28-21-19(13(3)27-28)20(33-10-18(30)26-21)14-5-6-15(16(8-14)31-4)32-9-17(23)29/h5-8,20H,9-10H2,1-4H3,(H2,23,29)(H,26,30)/t20-/m1/s1. The summed E-state index contributed by atoms with van der Waals surface area (Å²) in [5.74, 6) is 1.36. The number of amides is 2. The molecule has 0 radical (unpaired) electrons. The van der Waals surface area contributed by atoms with E-state index in [2.05, 4.69) is 20.4 Å². The Morgan fingerprint density at radius 3 is 2.61 bits per heavy atom. The van der Waals surface area contributed by atoms with Crippen LogP contribution >= 0.6 is 11.8 Å². The van der Waals surface area contributed by atoms with E-state index in [0.29, 0.717) is 23.3 Å². The number of carbonyl (C=O) groups is 2. The van der Waals surface area contributed by atoms with Gasteiger partial charge in [0.05, 0.1) is 23.8 Å². The molecule has 1 atom stereocenters. The number of primary amides is 1. The van der Waals surface area contributed by atoms with Crippen LogP contribution in [0.2, 0.25) is 0 Å². The first-order valence-corrected chi connectivity index (χ1v) is 11.2. The van der Waals surface area contributed by atoms with Crippen LogP contribution < -0.4 is 20.5 Å². The number of rotatable bonds is 6. The van der Waals surface area contributed by atoms with Crippen molar-refractivity contribution in [2.24, 2.45) is 5.73 Å². The van der Waals surface area contributed by atoms with Crippen LogP contribution in [0.15, 0.2) is 24.3 Å². The average Bonchev–Trinajstić information content (AvgIpc) is 2.96. The third kappa shape index (κ3) is 4.63. The van der Waals surface area contributed by atoms with Gasteiger partial charge in [-0.2, -0.15) is 9.78 Å². The van der Waals surface area contributed by atoms with Gasteiger partial charge in [-0.05, 0) is 44.5 Å². The maximum atomic E-state index is 12.6. The molecule has 2 amide bonds. The van der Waals surface area contributed by atoms with Crippen molar-refractivity contribution >= 4 is 29.4 Å². The number of thioether (sulfide) groups is 1. The zero-order valence-corrected chi connectivity index (χ0v) is 19.5. The Morgan fingerprint density at radius 2 is 1.94 bits per heavy atom. The summed E-state index contributed by atoms with van der Waals surface area (Å²) in [7, 11) is 1.52. The molecule has 0 unspecified atom stereocenters. The summed E-state index contributed by atoms with van der Waals surface area (Å²) in [4.78, 5) is 32.7. The number of fused-ring (bicyclic) bond motifs is 1. The number of hydrogen-bond donors (Lipinski definition) is 2. The molecule has 3 N–H and O–H groups in total. The summed E-state index contributed by atoms with van der Waals surface area (Å²) in [5.41, 5.74) is 9.30. The summed E-state index contributed by atoms with van der Waals surface area (Å²) in [5, 5.41) is 7.43. The van der Waals surface area contributed by atoms with Gasteiger partial charge in [-0.1, -0.05) is 6.07 Å². The highest BCUT2D eigenvalue weighted by Gasteiger charge is 2.31. The molecule has 0 fully saturated rings. The number of aromatic nitrogens is 4. The van der Waals surface area contributed by atoms with Crippen LogP contribution in [-0.4, -0.2) is 51.0 Å². The molecule has 0 spiro atoms. The van der Waals surface area contributed by atoms with E-state index in [-0.39, 0.29) is 23.5 Å². The maximum absolute atomic E-state index is 12.6. The highest BCUT2D eigenvalue weighted by Crippen LogP contribution is 2.45. The molecule has 1 aliphatic rings. The molecule has 0 bridgehead atoms. The van der Waals surface area contributed by atoms with Crippen molar-refractivity contribution in [3.63, 3.8) is 0 Å². The average molecular weight is 469 g/mol. The summed E-state index contributed by atoms with van der Waals surface area (Å²) in [6.45, 7) is 5.42. The topological polar surface area (TPSA) is 134 Å². The summed E-state index contributed by atoms with van der Waals surface area (Å²) < 4.78 is 12.5. The summed E-state index contributed by atoms with van der Waals surface area (Å²) in [6, 6.07) is 7.31. The van der Waals surface area contributed by atoms with Crippen molar-refractivity contribution < 1.29 is 19.1 Å². The number of nitrogens with two attached hydrogens (primary N) is 1. The van der Waals surface area contributed by atoms with E-state index in [4.69, 9.17) is 15.2 Å². The molecular weight excluding hydrogens is 444 g/mol. The van der Waals surface area contributed by atoms with Crippen molar-refractivity contribution in [3.05, 3.63) is 52.5 Å². The highest BCUT2D eigenvalue weighted by atomic mass is 32.2. The SMILES string of the molecule is COc1cc([C@H]2SCC(=O)Nc3c2c(C)nn3-c2nc(C)cc(C)n2)ccc1OCC(N)=O. The highest BCUT2D eigenvalue weighted by molar-refractivity contribution is 8.00. The van der Waals surface area contributed by atoms with Crippen LogP contribution in [0.25, 0.3) is 5.95 Å². The van der Waals surface area contributed by atoms with E-state index < -0.39 is 5.91 Å². The van der Waals surface area contributed by atoms with Gasteiger partial charge < -0.3 is 20.5 Å². The second-order valence-corrected chi connectivity index (χ2v) is 8.71. The minimum Gasteiger partial charge on any atom is -0.493 e. The van der Waals surface area contributed by atoms with Crippen LogP contribution in [-0.2, 0) is 9.59 Å². The quantitative estimate of drug-likeness (QED) is 0.562. The van der Waals surface area contributed by atoms with Gasteiger partial charge in [-0.25, -0.2) is 9.97 Å². The number of benzene rings is 1. The molecule has 172 valence electrons. The van der Waals surface area contributed by atoms with E-state index in [1.807, 2.05) is 39.0 Å². The van der Waals surface area contributed by atoms with E-state index in [0.717, 1.165) is 28.2 Å². The van der Waals surface area contributed by atoms with Gasteiger partial charge >= 0.3 is 0 Å². The third-order valence-electron chi connectivity index (χ3n) is 5.03. The van der Waals surface area contributed by atoms with Gasteiger partial charge in [0.25, 0.3) is 11.9 Å². The van der Waals surface area contributed by atoms with Crippen molar-refractivity contribution in [1.82, 2.24) is 19.7 Å². The fourth-order valence-corrected chi connectivity index (χ4v) is 4.89. The molecule has 1 aliphatic heterocycles. The van der Waals surface area contributed by atoms with Crippen molar-refractivity contribution in [3.8, 4) is 17.4 Å². The monoisotopic (exact) mass is 468 g/mol. The lowest BCUT2D eigenvalue weighted by atomic mass is 10.0. The van der Waals surface area contributed by atoms with E-state index in [1.54, 1.807) is 10.7 Å². The van der Waals surface area contributed by atoms with Gasteiger partial charge in [0.2, 0.25) is 5.91 Å². The number of ether oxygens (including phenoxy) is 2. The van der Waals surface area contributed by atoms with Crippen LogP contribution in [0, 0.1) is 20.8 Å². The maximum Gasteiger partial charge on any atom is 0.255 e. The second kappa shape index (κ2) is 9.10. The molecule has 2 aromatic heterocycles. The van der Waals surface area contributed by atoms with E-state index >= 15 is 0 Å². The third-order valence-corrected chi connectivity index (χ3v) is 6.30. The zero-order chi connectivity index (χ0) is 23.7. The first kappa shape index (κ1) is 22.6. The van der Waals surface area contributed by atoms with E-state index in [9.17, 15) is 9.59 Å². The molecule has 3 heterocycles. The smallest absolute Gasteiger partial charge is 0.255 e. The van der Waals surface area contributed by atoms with Gasteiger partial charge in [0, 0.05) is 17.0 Å². The largest absolute Gasteiger partial charge is 0.493 e. The molecule has 3 aromatic rings. The Labute approximate surface area is 194 Å². The minimum absolute atomic E-state index is 0.136. The van der Waals surface area contributed by atoms with Crippen LogP contribution in [0.5, 0.6) is 11.5 Å². The van der Waals surface area contributed by atoms with Crippen molar-refractivity contribution in [1.29, 1.82) is 0 Å². The van der Waals surface area contributed by atoms with Gasteiger partial charge in [0.1, 0.15) is 5.82 Å². The number of anilines is 1. The number of nitrogens with zero attached hydrogens (tertiary/aromatic N) is 4. The zero-order valence-electron chi connectivity index (χ0n) is 18.7. The number of methoxy groups -OCH3 is 1. The lowest BCUT2D eigenvalue weighted by Crippen LogP contribution is -2.20. The lowest BCUT2D eigenvalue weighted by molar-refractivity contribution is -0.120. The van der Waals surface area contributed by atoms with Crippen molar-refractivity contribution in [2.45, 2.75) is 26.0 Å². The normalized spacial score (nSPS) is 15.4. The predicted molar refractivity (Wildman–Crippen MR) is 124 cm³/mol. The number of carbonyl (C=O) groups excluding carboxylic acids is 2. The minimum atomic E-state index is -0.577. The Hall–Kier alpha value is -3.60. The summed E-state index contributed by atoms with van der Waals surface area (Å²) >= 11 is 1.48. The first-order chi connectivity index (χ1) is 15.8. The van der Waals surface area contributed by atoms with Crippen LogP contribution in [0.4, 0.5) is 5.82 Å². The first-order valence-electron chi connectivity index (χ1n) is 10.2. The Kier molecular flexibility index (Phi) is 6.23. The predicted octanol–water partition coefficient (Wildman–Crippen LogP) is 2.23.